The molecule has 2 heterocycles. The first-order valence-corrected chi connectivity index (χ1v) is 7.50. The standard InChI is InChI=1S/C14H19N3S/c1-11-14(7-8-18-11)10-16-13(15)17(14)9-12-5-3-2-4-6-12/h2-6,11H,7-10H2,1H3,(H2,15,16). The Morgan fingerprint density at radius 1 is 1.44 bits per heavy atom. The average molecular weight is 261 g/mol. The maximum absolute atomic E-state index is 6.11. The second-order valence-electron chi connectivity index (χ2n) is 5.11. The second kappa shape index (κ2) is 4.50. The first-order chi connectivity index (χ1) is 8.72. The minimum absolute atomic E-state index is 0.157. The van der Waals surface area contributed by atoms with E-state index in [1.807, 2.05) is 11.8 Å². The number of aliphatic imine (C=N–C) groups is 1. The molecule has 0 amide bonds. The van der Waals surface area contributed by atoms with Gasteiger partial charge in [-0.25, -0.2) is 0 Å². The van der Waals surface area contributed by atoms with Gasteiger partial charge in [0.15, 0.2) is 5.96 Å². The molecule has 3 nitrogen and oxygen atoms in total. The van der Waals surface area contributed by atoms with Gasteiger partial charge in [-0.2, -0.15) is 11.8 Å². The molecule has 18 heavy (non-hydrogen) atoms. The number of benzene rings is 1. The lowest BCUT2D eigenvalue weighted by molar-refractivity contribution is 0.196. The number of hydrogen-bond donors (Lipinski definition) is 1. The van der Waals surface area contributed by atoms with E-state index >= 15 is 0 Å². The zero-order valence-electron chi connectivity index (χ0n) is 10.7. The van der Waals surface area contributed by atoms with Crippen molar-refractivity contribution >= 4 is 17.7 Å². The fraction of sp³-hybridized carbons (Fsp3) is 0.500. The van der Waals surface area contributed by atoms with Gasteiger partial charge in [0.2, 0.25) is 0 Å². The quantitative estimate of drug-likeness (QED) is 0.886. The SMILES string of the molecule is CC1SCCC12CN=C(N)N2Cc1ccccc1. The predicted octanol–water partition coefficient (Wildman–Crippen LogP) is 2.08. The number of hydrogen-bond acceptors (Lipinski definition) is 4. The van der Waals surface area contributed by atoms with Crippen LogP contribution in [0, 0.1) is 0 Å². The molecule has 2 aliphatic heterocycles. The van der Waals surface area contributed by atoms with Gasteiger partial charge in [-0.1, -0.05) is 37.3 Å². The molecule has 2 N–H and O–H groups in total. The van der Waals surface area contributed by atoms with Crippen LogP contribution in [0.25, 0.3) is 0 Å². The largest absolute Gasteiger partial charge is 0.370 e. The Morgan fingerprint density at radius 3 is 2.89 bits per heavy atom. The molecule has 0 radical (unpaired) electrons. The van der Waals surface area contributed by atoms with E-state index in [2.05, 4.69) is 47.1 Å². The summed E-state index contributed by atoms with van der Waals surface area (Å²) in [5.41, 5.74) is 7.57. The summed E-state index contributed by atoms with van der Waals surface area (Å²) >= 11 is 2.04. The first kappa shape index (κ1) is 11.9. The maximum Gasteiger partial charge on any atom is 0.192 e. The van der Waals surface area contributed by atoms with Crippen LogP contribution in [-0.2, 0) is 6.54 Å². The van der Waals surface area contributed by atoms with Gasteiger partial charge < -0.3 is 10.6 Å². The fourth-order valence-electron chi connectivity index (χ4n) is 2.95. The summed E-state index contributed by atoms with van der Waals surface area (Å²) in [7, 11) is 0. The smallest absolute Gasteiger partial charge is 0.192 e. The van der Waals surface area contributed by atoms with Crippen LogP contribution < -0.4 is 5.73 Å². The Balaban J connectivity index is 1.86. The highest BCUT2D eigenvalue weighted by Crippen LogP contribution is 2.43. The zero-order valence-corrected chi connectivity index (χ0v) is 11.5. The highest BCUT2D eigenvalue weighted by atomic mass is 32.2. The molecule has 0 saturated carbocycles. The van der Waals surface area contributed by atoms with Crippen LogP contribution in [0.4, 0.5) is 0 Å². The number of rotatable bonds is 2. The molecule has 2 aliphatic rings. The van der Waals surface area contributed by atoms with Gasteiger partial charge in [0.05, 0.1) is 12.1 Å². The van der Waals surface area contributed by atoms with Crippen LogP contribution in [0.15, 0.2) is 35.3 Å². The Labute approximate surface area is 112 Å². The number of thioether (sulfide) groups is 1. The summed E-state index contributed by atoms with van der Waals surface area (Å²) in [4.78, 5) is 6.83. The van der Waals surface area contributed by atoms with E-state index < -0.39 is 0 Å². The average Bonchev–Trinajstić information content (AvgIpc) is 2.90. The van der Waals surface area contributed by atoms with Crippen LogP contribution in [0.3, 0.4) is 0 Å². The monoisotopic (exact) mass is 261 g/mol. The van der Waals surface area contributed by atoms with Crippen molar-refractivity contribution in [2.45, 2.75) is 30.7 Å². The summed E-state index contributed by atoms with van der Waals surface area (Å²) in [6.45, 7) is 4.05. The molecule has 0 aliphatic carbocycles. The molecular weight excluding hydrogens is 242 g/mol. The Morgan fingerprint density at radius 2 is 2.22 bits per heavy atom. The molecular formula is C14H19N3S. The van der Waals surface area contributed by atoms with Crippen molar-refractivity contribution < 1.29 is 0 Å². The number of nitrogens with zero attached hydrogens (tertiary/aromatic N) is 2. The van der Waals surface area contributed by atoms with E-state index in [1.54, 1.807) is 0 Å². The molecule has 96 valence electrons. The predicted molar refractivity (Wildman–Crippen MR) is 77.7 cm³/mol. The third-order valence-electron chi connectivity index (χ3n) is 4.17. The van der Waals surface area contributed by atoms with Crippen molar-refractivity contribution in [3.63, 3.8) is 0 Å². The molecule has 4 heteroatoms. The summed E-state index contributed by atoms with van der Waals surface area (Å²) in [5.74, 6) is 1.93. The molecule has 1 fully saturated rings. The van der Waals surface area contributed by atoms with Crippen molar-refractivity contribution in [1.29, 1.82) is 0 Å². The van der Waals surface area contributed by atoms with E-state index in [0.717, 1.165) is 13.1 Å². The van der Waals surface area contributed by atoms with E-state index in [4.69, 9.17) is 5.73 Å². The molecule has 1 spiro atoms. The van der Waals surface area contributed by atoms with Gasteiger partial charge in [0.1, 0.15) is 0 Å². The summed E-state index contributed by atoms with van der Waals surface area (Å²) in [5, 5.41) is 0.603. The van der Waals surface area contributed by atoms with Crippen LogP contribution in [0.5, 0.6) is 0 Å². The van der Waals surface area contributed by atoms with Crippen LogP contribution in [0.1, 0.15) is 18.9 Å². The lowest BCUT2D eigenvalue weighted by Gasteiger charge is -2.39. The molecule has 2 unspecified atom stereocenters. The highest BCUT2D eigenvalue weighted by Gasteiger charge is 2.49. The summed E-state index contributed by atoms with van der Waals surface area (Å²) in [6, 6.07) is 10.5. The Bertz CT molecular complexity index is 459. The van der Waals surface area contributed by atoms with Gasteiger partial charge >= 0.3 is 0 Å². The number of nitrogens with two attached hydrogens (primary N) is 1. The maximum atomic E-state index is 6.11. The van der Waals surface area contributed by atoms with Crippen LogP contribution in [-0.4, -0.2) is 33.9 Å². The highest BCUT2D eigenvalue weighted by molar-refractivity contribution is 8.00. The van der Waals surface area contributed by atoms with Crippen molar-refractivity contribution in [1.82, 2.24) is 4.90 Å². The molecule has 1 aromatic rings. The van der Waals surface area contributed by atoms with Crippen LogP contribution in [0.2, 0.25) is 0 Å². The normalized spacial score (nSPS) is 31.1. The van der Waals surface area contributed by atoms with Crippen molar-refractivity contribution in [2.75, 3.05) is 12.3 Å². The van der Waals surface area contributed by atoms with E-state index in [9.17, 15) is 0 Å². The van der Waals surface area contributed by atoms with Gasteiger partial charge in [-0.05, 0) is 17.7 Å². The van der Waals surface area contributed by atoms with Crippen LogP contribution >= 0.6 is 11.8 Å². The van der Waals surface area contributed by atoms with E-state index in [-0.39, 0.29) is 5.54 Å². The van der Waals surface area contributed by atoms with E-state index in [0.29, 0.717) is 11.2 Å². The molecule has 2 atom stereocenters. The van der Waals surface area contributed by atoms with E-state index in [1.165, 1.54) is 17.7 Å². The van der Waals surface area contributed by atoms with Gasteiger partial charge in [-0.15, -0.1) is 0 Å². The third kappa shape index (κ3) is 1.79. The topological polar surface area (TPSA) is 41.6 Å². The van der Waals surface area contributed by atoms with Crippen molar-refractivity contribution in [2.24, 2.45) is 10.7 Å². The van der Waals surface area contributed by atoms with Crippen molar-refractivity contribution in [3.8, 4) is 0 Å². The lowest BCUT2D eigenvalue weighted by atomic mass is 9.91. The molecule has 1 aromatic carbocycles. The first-order valence-electron chi connectivity index (χ1n) is 6.45. The molecule has 3 rings (SSSR count). The van der Waals surface area contributed by atoms with Gasteiger partial charge in [0.25, 0.3) is 0 Å². The molecule has 0 bridgehead atoms. The zero-order chi connectivity index (χ0) is 12.6. The molecule has 1 saturated heterocycles. The lowest BCUT2D eigenvalue weighted by Crippen LogP contribution is -2.54. The van der Waals surface area contributed by atoms with Gasteiger partial charge in [0, 0.05) is 11.8 Å². The minimum atomic E-state index is 0.157. The Kier molecular flexibility index (Phi) is 2.98. The fourth-order valence-corrected chi connectivity index (χ4v) is 4.41. The third-order valence-corrected chi connectivity index (χ3v) is 5.55. The number of guanidine groups is 1. The summed E-state index contributed by atoms with van der Waals surface area (Å²) < 4.78 is 0. The van der Waals surface area contributed by atoms with Gasteiger partial charge in [-0.3, -0.25) is 4.99 Å². The minimum Gasteiger partial charge on any atom is -0.370 e. The second-order valence-corrected chi connectivity index (χ2v) is 6.56. The van der Waals surface area contributed by atoms with Crippen molar-refractivity contribution in [3.05, 3.63) is 35.9 Å². The molecule has 0 aromatic heterocycles. The Hall–Kier alpha value is -1.16. The summed E-state index contributed by atoms with van der Waals surface area (Å²) in [6.07, 6.45) is 1.19.